The SMILES string of the molecule is C=C(C(=O)Nc1cccc(Br)c1)C(F)(F)F. The molecule has 0 fully saturated rings. The summed E-state index contributed by atoms with van der Waals surface area (Å²) in [5.74, 6) is -1.26. The van der Waals surface area contributed by atoms with Crippen LogP contribution in [-0.2, 0) is 4.79 Å². The zero-order valence-electron chi connectivity index (χ0n) is 7.94. The van der Waals surface area contributed by atoms with Gasteiger partial charge in [-0.25, -0.2) is 0 Å². The van der Waals surface area contributed by atoms with Crippen LogP contribution in [0.2, 0.25) is 0 Å². The summed E-state index contributed by atoms with van der Waals surface area (Å²) in [6, 6.07) is 6.25. The number of hydrogen-bond donors (Lipinski definition) is 1. The topological polar surface area (TPSA) is 29.1 Å². The van der Waals surface area contributed by atoms with Gasteiger partial charge in [-0.1, -0.05) is 28.6 Å². The predicted molar refractivity (Wildman–Crippen MR) is 58.0 cm³/mol. The van der Waals surface area contributed by atoms with E-state index in [-0.39, 0.29) is 5.69 Å². The summed E-state index contributed by atoms with van der Waals surface area (Å²) in [5.41, 5.74) is -1.16. The van der Waals surface area contributed by atoms with E-state index in [1.165, 1.54) is 12.1 Å². The van der Waals surface area contributed by atoms with Crippen LogP contribution in [0.4, 0.5) is 18.9 Å². The molecule has 1 N–H and O–H groups in total. The van der Waals surface area contributed by atoms with Gasteiger partial charge < -0.3 is 5.32 Å². The van der Waals surface area contributed by atoms with Crippen LogP contribution in [0, 0.1) is 0 Å². The lowest BCUT2D eigenvalue weighted by Crippen LogP contribution is -2.24. The van der Waals surface area contributed by atoms with Crippen molar-refractivity contribution in [3.05, 3.63) is 40.9 Å². The van der Waals surface area contributed by atoms with Crippen LogP contribution in [0.3, 0.4) is 0 Å². The number of rotatable bonds is 2. The van der Waals surface area contributed by atoms with E-state index in [1.807, 2.05) is 0 Å². The monoisotopic (exact) mass is 293 g/mol. The van der Waals surface area contributed by atoms with Crippen molar-refractivity contribution in [1.29, 1.82) is 0 Å². The molecular weight excluding hydrogens is 287 g/mol. The Labute approximate surface area is 98.3 Å². The molecule has 1 aromatic carbocycles. The number of alkyl halides is 3. The highest BCUT2D eigenvalue weighted by atomic mass is 79.9. The van der Waals surface area contributed by atoms with Gasteiger partial charge in [-0.05, 0) is 18.2 Å². The fraction of sp³-hybridized carbons (Fsp3) is 0.100. The zero-order chi connectivity index (χ0) is 12.3. The van der Waals surface area contributed by atoms with E-state index in [2.05, 4.69) is 27.8 Å². The molecular formula is C10H7BrF3NO. The molecule has 0 saturated heterocycles. The summed E-state index contributed by atoms with van der Waals surface area (Å²) < 4.78 is 37.0. The molecule has 0 unspecified atom stereocenters. The van der Waals surface area contributed by atoms with Gasteiger partial charge in [0, 0.05) is 10.2 Å². The van der Waals surface area contributed by atoms with E-state index in [0.717, 1.165) is 0 Å². The highest BCUT2D eigenvalue weighted by molar-refractivity contribution is 9.10. The second-order valence-electron chi connectivity index (χ2n) is 2.94. The molecule has 6 heteroatoms. The largest absolute Gasteiger partial charge is 0.421 e. The lowest BCUT2D eigenvalue weighted by atomic mass is 10.2. The molecule has 0 aromatic heterocycles. The highest BCUT2D eigenvalue weighted by Crippen LogP contribution is 2.25. The molecule has 0 bridgehead atoms. The minimum absolute atomic E-state index is 0.268. The molecule has 0 aliphatic heterocycles. The van der Waals surface area contributed by atoms with Crippen molar-refractivity contribution >= 4 is 27.5 Å². The number of anilines is 1. The summed E-state index contributed by atoms with van der Waals surface area (Å²) in [6.45, 7) is 2.70. The molecule has 0 spiro atoms. The fourth-order valence-electron chi connectivity index (χ4n) is 0.902. The highest BCUT2D eigenvalue weighted by Gasteiger charge is 2.36. The van der Waals surface area contributed by atoms with Gasteiger partial charge in [-0.15, -0.1) is 0 Å². The van der Waals surface area contributed by atoms with E-state index in [4.69, 9.17) is 0 Å². The van der Waals surface area contributed by atoms with Gasteiger partial charge in [0.1, 0.15) is 5.57 Å². The average molecular weight is 294 g/mol. The molecule has 0 heterocycles. The Balaban J connectivity index is 2.76. The standard InChI is InChI=1S/C10H7BrF3NO/c1-6(10(12,13)14)9(16)15-8-4-2-3-7(11)5-8/h2-5H,1H2,(H,15,16). The van der Waals surface area contributed by atoms with Crippen LogP contribution < -0.4 is 5.32 Å². The Hall–Kier alpha value is -1.30. The van der Waals surface area contributed by atoms with Gasteiger partial charge in [-0.3, -0.25) is 4.79 Å². The van der Waals surface area contributed by atoms with Crippen molar-refractivity contribution in [2.24, 2.45) is 0 Å². The normalized spacial score (nSPS) is 11.0. The van der Waals surface area contributed by atoms with Crippen LogP contribution in [0.1, 0.15) is 0 Å². The Morgan fingerprint density at radius 3 is 2.50 bits per heavy atom. The van der Waals surface area contributed by atoms with Crippen molar-refractivity contribution < 1.29 is 18.0 Å². The average Bonchev–Trinajstić information content (AvgIpc) is 2.15. The quantitative estimate of drug-likeness (QED) is 0.831. The van der Waals surface area contributed by atoms with Crippen LogP contribution in [-0.4, -0.2) is 12.1 Å². The van der Waals surface area contributed by atoms with Crippen LogP contribution in [0.25, 0.3) is 0 Å². The molecule has 1 amide bonds. The van der Waals surface area contributed by atoms with Crippen LogP contribution in [0.5, 0.6) is 0 Å². The Kier molecular flexibility index (Phi) is 3.74. The maximum Gasteiger partial charge on any atom is 0.421 e. The van der Waals surface area contributed by atoms with Crippen molar-refractivity contribution in [2.75, 3.05) is 5.32 Å². The summed E-state index contributed by atoms with van der Waals surface area (Å²) in [7, 11) is 0. The summed E-state index contributed by atoms with van der Waals surface area (Å²) in [4.78, 5) is 11.1. The second-order valence-corrected chi connectivity index (χ2v) is 3.86. The molecule has 1 rings (SSSR count). The van der Waals surface area contributed by atoms with E-state index in [1.54, 1.807) is 12.1 Å². The molecule has 0 aliphatic rings. The number of carbonyl (C=O) groups excluding carboxylic acids is 1. The van der Waals surface area contributed by atoms with E-state index >= 15 is 0 Å². The van der Waals surface area contributed by atoms with Crippen molar-refractivity contribution in [1.82, 2.24) is 0 Å². The Bertz CT molecular complexity index is 428. The fourth-order valence-corrected chi connectivity index (χ4v) is 1.30. The van der Waals surface area contributed by atoms with Gasteiger partial charge >= 0.3 is 6.18 Å². The molecule has 0 saturated carbocycles. The summed E-state index contributed by atoms with van der Waals surface area (Å²) in [6.07, 6.45) is -4.71. The second kappa shape index (κ2) is 4.69. The Morgan fingerprint density at radius 1 is 1.38 bits per heavy atom. The third-order valence-electron chi connectivity index (χ3n) is 1.70. The lowest BCUT2D eigenvalue weighted by Gasteiger charge is -2.10. The first-order valence-electron chi connectivity index (χ1n) is 4.13. The number of hydrogen-bond acceptors (Lipinski definition) is 1. The summed E-state index contributed by atoms with van der Waals surface area (Å²) in [5, 5.41) is 2.10. The minimum atomic E-state index is -4.71. The van der Waals surface area contributed by atoms with Crippen LogP contribution in [0.15, 0.2) is 40.9 Å². The maximum absolute atomic E-state index is 12.1. The first-order valence-corrected chi connectivity index (χ1v) is 4.93. The van der Waals surface area contributed by atoms with Gasteiger partial charge in [0.25, 0.3) is 5.91 Å². The van der Waals surface area contributed by atoms with Crippen molar-refractivity contribution in [3.8, 4) is 0 Å². The van der Waals surface area contributed by atoms with Crippen molar-refractivity contribution in [3.63, 3.8) is 0 Å². The number of benzene rings is 1. The van der Waals surface area contributed by atoms with Gasteiger partial charge in [-0.2, -0.15) is 13.2 Å². The van der Waals surface area contributed by atoms with E-state index in [9.17, 15) is 18.0 Å². The number of amides is 1. The van der Waals surface area contributed by atoms with Gasteiger partial charge in [0.2, 0.25) is 0 Å². The third-order valence-corrected chi connectivity index (χ3v) is 2.19. The molecule has 86 valence electrons. The van der Waals surface area contributed by atoms with E-state index in [0.29, 0.717) is 4.47 Å². The van der Waals surface area contributed by atoms with Crippen molar-refractivity contribution in [2.45, 2.75) is 6.18 Å². The van der Waals surface area contributed by atoms with Gasteiger partial charge in [0.05, 0.1) is 0 Å². The van der Waals surface area contributed by atoms with Crippen LogP contribution >= 0.6 is 15.9 Å². The molecule has 16 heavy (non-hydrogen) atoms. The molecule has 0 aliphatic carbocycles. The molecule has 0 atom stereocenters. The molecule has 0 radical (unpaired) electrons. The molecule has 1 aromatic rings. The maximum atomic E-state index is 12.1. The minimum Gasteiger partial charge on any atom is -0.322 e. The molecule has 2 nitrogen and oxygen atoms in total. The first-order chi connectivity index (χ1) is 7.30. The third kappa shape index (κ3) is 3.37. The first kappa shape index (κ1) is 12.8. The predicted octanol–water partition coefficient (Wildman–Crippen LogP) is 3.51. The summed E-state index contributed by atoms with van der Waals surface area (Å²) >= 11 is 3.13. The zero-order valence-corrected chi connectivity index (χ0v) is 9.52. The smallest absolute Gasteiger partial charge is 0.322 e. The number of nitrogens with one attached hydrogen (secondary N) is 1. The number of carbonyl (C=O) groups is 1. The van der Waals surface area contributed by atoms with Gasteiger partial charge in [0.15, 0.2) is 0 Å². The lowest BCUT2D eigenvalue weighted by molar-refractivity contribution is -0.126. The Morgan fingerprint density at radius 2 is 2.00 bits per heavy atom. The number of halogens is 4. The van der Waals surface area contributed by atoms with E-state index < -0.39 is 17.7 Å².